The molecule has 11 heavy (non-hydrogen) atoms. The van der Waals surface area contributed by atoms with Gasteiger partial charge in [-0.25, -0.2) is 0 Å². The van der Waals surface area contributed by atoms with Crippen LogP contribution in [0.5, 0.6) is 0 Å². The van der Waals surface area contributed by atoms with Crippen LogP contribution in [0.15, 0.2) is 30.3 Å². The summed E-state index contributed by atoms with van der Waals surface area (Å²) in [6, 6.07) is 9.31. The van der Waals surface area contributed by atoms with Gasteiger partial charge in [-0.2, -0.15) is 0 Å². The van der Waals surface area contributed by atoms with Gasteiger partial charge in [-0.3, -0.25) is 4.79 Å². The van der Waals surface area contributed by atoms with Gasteiger partial charge in [0.05, 0.1) is 0 Å². The van der Waals surface area contributed by atoms with Gasteiger partial charge in [0.25, 0.3) is 0 Å². The van der Waals surface area contributed by atoms with Crippen LogP contribution < -0.4 is 0 Å². The van der Waals surface area contributed by atoms with Gasteiger partial charge in [0, 0.05) is 5.56 Å². The van der Waals surface area contributed by atoms with Crippen LogP contribution in [0.25, 0.3) is 0 Å². The SMILES string of the molecule is CN([SiH3])C(=O)c1ccccc1. The molecule has 0 aliphatic heterocycles. The molecule has 0 heterocycles. The molecule has 0 unspecified atom stereocenters. The molecular weight excluding hydrogens is 154 g/mol. The molecule has 0 bridgehead atoms. The highest BCUT2D eigenvalue weighted by molar-refractivity contribution is 6.17. The van der Waals surface area contributed by atoms with E-state index in [1.54, 1.807) is 4.57 Å². The zero-order chi connectivity index (χ0) is 8.27. The Bertz CT molecular complexity index is 246. The molecule has 0 aliphatic rings. The molecule has 0 atom stereocenters. The number of nitrogens with zero attached hydrogens (tertiary/aromatic N) is 1. The van der Waals surface area contributed by atoms with Crippen LogP contribution in [0.2, 0.25) is 0 Å². The van der Waals surface area contributed by atoms with Crippen molar-refractivity contribution in [2.75, 3.05) is 7.05 Å². The summed E-state index contributed by atoms with van der Waals surface area (Å²) in [5.41, 5.74) is 0.769. The summed E-state index contributed by atoms with van der Waals surface area (Å²) in [4.78, 5) is 11.3. The van der Waals surface area contributed by atoms with Gasteiger partial charge in [-0.15, -0.1) is 0 Å². The zero-order valence-electron chi connectivity index (χ0n) is 6.74. The van der Waals surface area contributed by atoms with Crippen molar-refractivity contribution < 1.29 is 4.79 Å². The van der Waals surface area contributed by atoms with E-state index < -0.39 is 0 Å². The Hall–Kier alpha value is -1.09. The Labute approximate surface area is 69.3 Å². The molecule has 0 N–H and O–H groups in total. The van der Waals surface area contributed by atoms with Gasteiger partial charge >= 0.3 is 0 Å². The smallest absolute Gasteiger partial charge is 0.245 e. The highest BCUT2D eigenvalue weighted by atomic mass is 28.2. The lowest BCUT2D eigenvalue weighted by Crippen LogP contribution is -2.23. The first-order valence-corrected chi connectivity index (χ1v) is 4.38. The summed E-state index contributed by atoms with van der Waals surface area (Å²) < 4.78 is 1.70. The number of carbonyl (C=O) groups is 1. The topological polar surface area (TPSA) is 20.3 Å². The van der Waals surface area contributed by atoms with Gasteiger partial charge in [0.2, 0.25) is 5.91 Å². The highest BCUT2D eigenvalue weighted by Crippen LogP contribution is 2.00. The molecule has 1 aromatic rings. The van der Waals surface area contributed by atoms with Crippen LogP contribution in [0.3, 0.4) is 0 Å². The fourth-order valence-electron chi connectivity index (χ4n) is 0.839. The van der Waals surface area contributed by atoms with Crippen molar-refractivity contribution in [1.82, 2.24) is 4.57 Å². The zero-order valence-corrected chi connectivity index (χ0v) is 8.74. The molecule has 0 aromatic heterocycles. The third kappa shape index (κ3) is 1.91. The van der Waals surface area contributed by atoms with Crippen molar-refractivity contribution in [2.24, 2.45) is 0 Å². The van der Waals surface area contributed by atoms with E-state index in [0.29, 0.717) is 0 Å². The van der Waals surface area contributed by atoms with E-state index in [-0.39, 0.29) is 5.91 Å². The molecule has 2 nitrogen and oxygen atoms in total. The van der Waals surface area contributed by atoms with E-state index in [1.165, 1.54) is 0 Å². The van der Waals surface area contributed by atoms with E-state index in [0.717, 1.165) is 16.0 Å². The Morgan fingerprint density at radius 1 is 1.36 bits per heavy atom. The molecule has 0 saturated heterocycles. The third-order valence-corrected chi connectivity index (χ3v) is 1.83. The second-order valence-corrected chi connectivity index (χ2v) is 3.91. The minimum absolute atomic E-state index is 0.109. The molecule has 0 spiro atoms. The minimum atomic E-state index is 0.109. The molecule has 3 heteroatoms. The van der Waals surface area contributed by atoms with Crippen molar-refractivity contribution in [2.45, 2.75) is 0 Å². The minimum Gasteiger partial charge on any atom is -0.377 e. The Balaban J connectivity index is 2.86. The predicted molar refractivity (Wildman–Crippen MR) is 48.5 cm³/mol. The first-order chi connectivity index (χ1) is 5.22. The quantitative estimate of drug-likeness (QED) is 0.538. The van der Waals surface area contributed by atoms with Crippen molar-refractivity contribution in [3.63, 3.8) is 0 Å². The van der Waals surface area contributed by atoms with E-state index in [9.17, 15) is 4.79 Å². The molecule has 58 valence electrons. The number of benzene rings is 1. The summed E-state index contributed by atoms with van der Waals surface area (Å²) in [6.45, 7) is 0. The molecule has 0 saturated carbocycles. The van der Waals surface area contributed by atoms with Crippen LogP contribution in [-0.4, -0.2) is 27.9 Å². The molecule has 0 radical (unpaired) electrons. The highest BCUT2D eigenvalue weighted by Gasteiger charge is 2.04. The monoisotopic (exact) mass is 165 g/mol. The second kappa shape index (κ2) is 3.34. The molecule has 1 rings (SSSR count). The summed E-state index contributed by atoms with van der Waals surface area (Å²) in [5, 5.41) is 0. The fraction of sp³-hybridized carbons (Fsp3) is 0.125. The van der Waals surface area contributed by atoms with Crippen molar-refractivity contribution in [3.8, 4) is 0 Å². The number of carbonyl (C=O) groups excluding carboxylic acids is 1. The maximum absolute atomic E-state index is 11.3. The van der Waals surface area contributed by atoms with Gasteiger partial charge in [-0.05, 0) is 19.2 Å². The van der Waals surface area contributed by atoms with Crippen LogP contribution in [0, 0.1) is 0 Å². The Kier molecular flexibility index (Phi) is 2.43. The first kappa shape index (κ1) is 8.01. The maximum atomic E-state index is 11.3. The summed E-state index contributed by atoms with van der Waals surface area (Å²) in [7, 11) is 2.58. The third-order valence-electron chi connectivity index (χ3n) is 1.43. The average Bonchev–Trinajstić information content (AvgIpc) is 2.05. The fourth-order valence-corrected chi connectivity index (χ4v) is 1.10. The summed E-state index contributed by atoms with van der Waals surface area (Å²) in [6.07, 6.45) is 0. The summed E-state index contributed by atoms with van der Waals surface area (Å²) >= 11 is 0. The van der Waals surface area contributed by atoms with E-state index in [2.05, 4.69) is 0 Å². The Morgan fingerprint density at radius 3 is 2.36 bits per heavy atom. The number of hydrogen-bond donors (Lipinski definition) is 0. The van der Waals surface area contributed by atoms with Crippen molar-refractivity contribution in [3.05, 3.63) is 35.9 Å². The standard InChI is InChI=1S/C8H11NOSi/c1-9(11)8(10)7-5-3-2-4-6-7/h2-6H,1,11H3. The van der Waals surface area contributed by atoms with Crippen molar-refractivity contribution >= 4 is 16.3 Å². The molecule has 0 fully saturated rings. The maximum Gasteiger partial charge on any atom is 0.245 e. The predicted octanol–water partition coefficient (Wildman–Crippen LogP) is 0.0390. The first-order valence-electron chi connectivity index (χ1n) is 3.48. The Morgan fingerprint density at radius 2 is 1.91 bits per heavy atom. The normalized spacial score (nSPS) is 9.55. The molecule has 0 aliphatic carbocycles. The van der Waals surface area contributed by atoms with E-state index in [4.69, 9.17) is 0 Å². The van der Waals surface area contributed by atoms with Gasteiger partial charge in [0.1, 0.15) is 10.4 Å². The van der Waals surface area contributed by atoms with Crippen LogP contribution >= 0.6 is 0 Å². The summed E-state index contributed by atoms with van der Waals surface area (Å²) in [5.74, 6) is 0.109. The second-order valence-electron chi connectivity index (χ2n) is 2.57. The lowest BCUT2D eigenvalue weighted by atomic mass is 10.2. The lowest BCUT2D eigenvalue weighted by molar-refractivity contribution is 0.0884. The number of amides is 1. The van der Waals surface area contributed by atoms with Gasteiger partial charge in [-0.1, -0.05) is 18.2 Å². The van der Waals surface area contributed by atoms with Crippen LogP contribution in [0.1, 0.15) is 10.4 Å². The average molecular weight is 165 g/mol. The molecule has 1 aromatic carbocycles. The van der Waals surface area contributed by atoms with E-state index in [1.807, 2.05) is 37.4 Å². The van der Waals surface area contributed by atoms with Gasteiger partial charge in [0.15, 0.2) is 0 Å². The lowest BCUT2D eigenvalue weighted by Gasteiger charge is -2.09. The largest absolute Gasteiger partial charge is 0.377 e. The number of rotatable bonds is 1. The van der Waals surface area contributed by atoms with Crippen molar-refractivity contribution in [1.29, 1.82) is 0 Å². The number of hydrogen-bond acceptors (Lipinski definition) is 1. The molecule has 1 amide bonds. The molecular formula is C8H11NOSi. The van der Waals surface area contributed by atoms with Crippen LogP contribution in [0.4, 0.5) is 0 Å². The van der Waals surface area contributed by atoms with Crippen LogP contribution in [-0.2, 0) is 0 Å². The van der Waals surface area contributed by atoms with Gasteiger partial charge < -0.3 is 4.57 Å². The van der Waals surface area contributed by atoms with E-state index >= 15 is 0 Å².